The quantitative estimate of drug-likeness (QED) is 0.785. The summed E-state index contributed by atoms with van der Waals surface area (Å²) in [6.07, 6.45) is 0.227. The lowest BCUT2D eigenvalue weighted by atomic mass is 9.86. The van der Waals surface area contributed by atoms with Crippen LogP contribution in [-0.2, 0) is 15.0 Å². The fourth-order valence-electron chi connectivity index (χ4n) is 2.80. The Morgan fingerprint density at radius 3 is 2.23 bits per heavy atom. The van der Waals surface area contributed by atoms with Gasteiger partial charge in [0, 0.05) is 11.8 Å². The molecule has 4 nitrogen and oxygen atoms in total. The summed E-state index contributed by atoms with van der Waals surface area (Å²) in [7, 11) is 0. The van der Waals surface area contributed by atoms with Gasteiger partial charge in [-0.1, -0.05) is 51.1 Å². The Balaban J connectivity index is 2.00. The Bertz CT molecular complexity index is 730. The molecule has 2 amide bonds. The van der Waals surface area contributed by atoms with Crippen LogP contribution in [-0.4, -0.2) is 11.8 Å². The summed E-state index contributed by atoms with van der Waals surface area (Å²) in [6, 6.07) is 11.8. The Morgan fingerprint density at radius 1 is 1.08 bits per heavy atom. The van der Waals surface area contributed by atoms with Crippen molar-refractivity contribution in [1.29, 1.82) is 0 Å². The van der Waals surface area contributed by atoms with E-state index in [4.69, 9.17) is 0 Å². The monoisotopic (exact) mass is 372 g/mol. The fourth-order valence-corrected chi connectivity index (χ4v) is 3.58. The Hall–Kier alpha value is -2.14. The molecule has 0 spiro atoms. The van der Waals surface area contributed by atoms with Crippen LogP contribution in [0.25, 0.3) is 0 Å². The molecule has 0 radical (unpaired) electrons. The first-order valence-electron chi connectivity index (χ1n) is 8.87. The van der Waals surface area contributed by atoms with Gasteiger partial charge < -0.3 is 10.6 Å². The summed E-state index contributed by atoms with van der Waals surface area (Å²) in [5.74, 6) is -0.216. The summed E-state index contributed by atoms with van der Waals surface area (Å²) in [6.45, 7) is 9.99. The lowest BCUT2D eigenvalue weighted by molar-refractivity contribution is -0.123. The van der Waals surface area contributed by atoms with Crippen LogP contribution in [0.1, 0.15) is 69.1 Å². The van der Waals surface area contributed by atoms with Gasteiger partial charge in [0.15, 0.2) is 0 Å². The molecule has 5 heteroatoms. The van der Waals surface area contributed by atoms with Gasteiger partial charge in [0.05, 0.1) is 18.5 Å². The maximum Gasteiger partial charge on any atom is 0.222 e. The van der Waals surface area contributed by atoms with Crippen LogP contribution < -0.4 is 10.6 Å². The second-order valence-corrected chi connectivity index (χ2v) is 8.61. The lowest BCUT2D eigenvalue weighted by Gasteiger charge is -2.21. The van der Waals surface area contributed by atoms with E-state index in [-0.39, 0.29) is 35.7 Å². The van der Waals surface area contributed by atoms with E-state index in [1.165, 1.54) is 23.8 Å². The first kappa shape index (κ1) is 20.2. The van der Waals surface area contributed by atoms with E-state index >= 15 is 0 Å². The number of amides is 2. The molecule has 0 unspecified atom stereocenters. The van der Waals surface area contributed by atoms with Crippen LogP contribution in [0.3, 0.4) is 0 Å². The zero-order valence-corrected chi connectivity index (χ0v) is 16.9. The number of thiophene rings is 1. The highest BCUT2D eigenvalue weighted by Crippen LogP contribution is 2.25. The van der Waals surface area contributed by atoms with E-state index in [1.807, 2.05) is 24.4 Å². The largest absolute Gasteiger partial charge is 0.350 e. The third kappa shape index (κ3) is 5.70. The van der Waals surface area contributed by atoms with Crippen molar-refractivity contribution in [2.45, 2.75) is 58.5 Å². The standard InChI is InChI=1S/C21H28N2O2S/c1-14(16-8-10-17(11-9-16)21(3,4)5)22-20(25)13-18(23-15(2)24)19-7-6-12-26-19/h6-12,14,18H,13H2,1-5H3,(H,22,25)(H,23,24)/t14-,18-/m0/s1. The second-order valence-electron chi connectivity index (χ2n) is 7.63. The van der Waals surface area contributed by atoms with Crippen molar-refractivity contribution in [3.8, 4) is 0 Å². The number of rotatable bonds is 6. The first-order valence-corrected chi connectivity index (χ1v) is 9.75. The van der Waals surface area contributed by atoms with Gasteiger partial charge in [-0.2, -0.15) is 0 Å². The summed E-state index contributed by atoms with van der Waals surface area (Å²) in [5.41, 5.74) is 2.44. The van der Waals surface area contributed by atoms with Crippen LogP contribution in [0.2, 0.25) is 0 Å². The smallest absolute Gasteiger partial charge is 0.222 e. The van der Waals surface area contributed by atoms with E-state index < -0.39 is 0 Å². The molecule has 0 bridgehead atoms. The Labute approximate surface area is 160 Å². The molecule has 0 saturated heterocycles. The predicted molar refractivity (Wildman–Crippen MR) is 107 cm³/mol. The van der Waals surface area contributed by atoms with Crippen LogP contribution in [0, 0.1) is 0 Å². The minimum Gasteiger partial charge on any atom is -0.350 e. The third-order valence-electron chi connectivity index (χ3n) is 4.31. The molecule has 140 valence electrons. The summed E-state index contributed by atoms with van der Waals surface area (Å²) >= 11 is 1.54. The number of carbonyl (C=O) groups is 2. The Morgan fingerprint density at radius 2 is 1.73 bits per heavy atom. The van der Waals surface area contributed by atoms with Crippen LogP contribution >= 0.6 is 11.3 Å². The lowest BCUT2D eigenvalue weighted by Crippen LogP contribution is -2.33. The van der Waals surface area contributed by atoms with E-state index in [0.717, 1.165) is 10.4 Å². The maximum atomic E-state index is 12.5. The highest BCUT2D eigenvalue weighted by atomic mass is 32.1. The summed E-state index contributed by atoms with van der Waals surface area (Å²) in [5, 5.41) is 7.84. The summed E-state index contributed by atoms with van der Waals surface area (Å²) < 4.78 is 0. The number of hydrogen-bond acceptors (Lipinski definition) is 3. The number of carbonyl (C=O) groups excluding carboxylic acids is 2. The van der Waals surface area contributed by atoms with Gasteiger partial charge in [-0.05, 0) is 34.9 Å². The van der Waals surface area contributed by atoms with Crippen molar-refractivity contribution in [3.63, 3.8) is 0 Å². The molecule has 2 aromatic rings. The van der Waals surface area contributed by atoms with Crippen LogP contribution in [0.5, 0.6) is 0 Å². The third-order valence-corrected chi connectivity index (χ3v) is 5.29. The summed E-state index contributed by atoms with van der Waals surface area (Å²) in [4.78, 5) is 24.9. The highest BCUT2D eigenvalue weighted by Gasteiger charge is 2.20. The van der Waals surface area contributed by atoms with Crippen molar-refractivity contribution in [2.75, 3.05) is 0 Å². The van der Waals surface area contributed by atoms with Crippen molar-refractivity contribution in [2.24, 2.45) is 0 Å². The van der Waals surface area contributed by atoms with Crippen LogP contribution in [0.15, 0.2) is 41.8 Å². The van der Waals surface area contributed by atoms with E-state index in [1.54, 1.807) is 0 Å². The Kier molecular flexibility index (Phi) is 6.59. The zero-order valence-electron chi connectivity index (χ0n) is 16.1. The van der Waals surface area contributed by atoms with Crippen LogP contribution in [0.4, 0.5) is 0 Å². The number of benzene rings is 1. The molecular formula is C21H28N2O2S. The molecule has 1 aromatic carbocycles. The predicted octanol–water partition coefficient (Wildman–Crippen LogP) is 4.49. The average molecular weight is 373 g/mol. The molecule has 0 fully saturated rings. The van der Waals surface area contributed by atoms with Gasteiger partial charge in [0.1, 0.15) is 0 Å². The molecule has 2 atom stereocenters. The fraction of sp³-hybridized carbons (Fsp3) is 0.429. The van der Waals surface area contributed by atoms with Gasteiger partial charge in [-0.15, -0.1) is 11.3 Å². The SMILES string of the molecule is CC(=O)N[C@@H](CC(=O)N[C@@H](C)c1ccc(C(C)(C)C)cc1)c1cccs1. The van der Waals surface area contributed by atoms with Crippen molar-refractivity contribution < 1.29 is 9.59 Å². The molecule has 1 aromatic heterocycles. The van der Waals surface area contributed by atoms with Gasteiger partial charge in [-0.3, -0.25) is 9.59 Å². The minimum atomic E-state index is -0.289. The van der Waals surface area contributed by atoms with Gasteiger partial charge in [0.2, 0.25) is 11.8 Å². The topological polar surface area (TPSA) is 58.2 Å². The van der Waals surface area contributed by atoms with E-state index in [9.17, 15) is 9.59 Å². The molecule has 1 heterocycles. The second kappa shape index (κ2) is 8.49. The van der Waals surface area contributed by atoms with Gasteiger partial charge in [0.25, 0.3) is 0 Å². The van der Waals surface area contributed by atoms with Crippen molar-refractivity contribution >= 4 is 23.2 Å². The van der Waals surface area contributed by atoms with Crippen molar-refractivity contribution in [1.82, 2.24) is 10.6 Å². The number of hydrogen-bond donors (Lipinski definition) is 2. The molecule has 26 heavy (non-hydrogen) atoms. The zero-order chi connectivity index (χ0) is 19.3. The molecule has 0 aliphatic heterocycles. The average Bonchev–Trinajstić information content (AvgIpc) is 3.07. The molecular weight excluding hydrogens is 344 g/mol. The van der Waals surface area contributed by atoms with Gasteiger partial charge >= 0.3 is 0 Å². The molecule has 2 rings (SSSR count). The first-order chi connectivity index (χ1) is 12.2. The molecule has 2 N–H and O–H groups in total. The normalized spacial score (nSPS) is 13.7. The molecule has 0 saturated carbocycles. The highest BCUT2D eigenvalue weighted by molar-refractivity contribution is 7.10. The molecule has 0 aliphatic rings. The van der Waals surface area contributed by atoms with E-state index in [2.05, 4.69) is 55.7 Å². The van der Waals surface area contributed by atoms with Crippen molar-refractivity contribution in [3.05, 3.63) is 57.8 Å². The number of nitrogens with one attached hydrogen (secondary N) is 2. The molecule has 0 aliphatic carbocycles. The maximum absolute atomic E-state index is 12.5. The van der Waals surface area contributed by atoms with E-state index in [0.29, 0.717) is 0 Å². The van der Waals surface area contributed by atoms with Gasteiger partial charge in [-0.25, -0.2) is 0 Å². The minimum absolute atomic E-state index is 0.0791.